The maximum Gasteiger partial charge on any atom is 0.0762 e. The van der Waals surface area contributed by atoms with Crippen LogP contribution in [0.4, 0.5) is 5.69 Å². The number of benzene rings is 1. The molecule has 0 saturated carbocycles. The Bertz CT molecular complexity index is 523. The number of hydrogen-bond acceptors (Lipinski definition) is 3. The molecule has 4 nitrogen and oxygen atoms in total. The Hall–Kier alpha value is -1.23. The topological polar surface area (TPSA) is 33.1 Å². The third-order valence-electron chi connectivity index (χ3n) is 3.24. The lowest BCUT2D eigenvalue weighted by Gasteiger charge is -2.12. The van der Waals surface area contributed by atoms with Gasteiger partial charge in [-0.15, -0.1) is 24.8 Å². The number of nitrogens with zero attached hydrogens (tertiary/aromatic N) is 3. The molecular formula is C16H26Cl2N4. The summed E-state index contributed by atoms with van der Waals surface area (Å²) in [7, 11) is 4.11. The van der Waals surface area contributed by atoms with E-state index >= 15 is 0 Å². The molecular weight excluding hydrogens is 319 g/mol. The highest BCUT2D eigenvalue weighted by atomic mass is 35.5. The van der Waals surface area contributed by atoms with Crippen molar-refractivity contribution in [1.82, 2.24) is 15.1 Å². The number of halogens is 2. The molecule has 1 heterocycles. The molecule has 0 bridgehead atoms. The first-order valence-electron chi connectivity index (χ1n) is 7.18. The molecule has 0 aliphatic rings. The van der Waals surface area contributed by atoms with Crippen LogP contribution in [-0.4, -0.2) is 23.9 Å². The van der Waals surface area contributed by atoms with Crippen LogP contribution in [0.1, 0.15) is 24.6 Å². The average molecular weight is 345 g/mol. The van der Waals surface area contributed by atoms with Crippen molar-refractivity contribution in [3.63, 3.8) is 0 Å². The number of aryl methyl sites for hydroxylation is 1. The summed E-state index contributed by atoms with van der Waals surface area (Å²) in [6.07, 6.45) is 3.17. The van der Waals surface area contributed by atoms with Gasteiger partial charge in [0.05, 0.1) is 5.69 Å². The van der Waals surface area contributed by atoms with Gasteiger partial charge in [-0.1, -0.05) is 19.1 Å². The summed E-state index contributed by atoms with van der Waals surface area (Å²) in [6.45, 7) is 4.84. The number of anilines is 1. The molecule has 0 fully saturated rings. The largest absolute Gasteiger partial charge is 0.378 e. The van der Waals surface area contributed by atoms with Gasteiger partial charge in [0.2, 0.25) is 0 Å². The maximum atomic E-state index is 4.52. The van der Waals surface area contributed by atoms with Crippen LogP contribution >= 0.6 is 24.8 Å². The molecule has 6 heteroatoms. The smallest absolute Gasteiger partial charge is 0.0762 e. The minimum atomic E-state index is 0. The highest BCUT2D eigenvalue weighted by Crippen LogP contribution is 2.12. The van der Waals surface area contributed by atoms with Gasteiger partial charge >= 0.3 is 0 Å². The van der Waals surface area contributed by atoms with Gasteiger partial charge in [-0.25, -0.2) is 0 Å². The number of aromatic nitrogens is 2. The lowest BCUT2D eigenvalue weighted by molar-refractivity contribution is 0.582. The van der Waals surface area contributed by atoms with Gasteiger partial charge in [-0.05, 0) is 30.2 Å². The summed E-state index contributed by atoms with van der Waals surface area (Å²) in [5.74, 6) is 0. The zero-order valence-corrected chi connectivity index (χ0v) is 15.1. The Morgan fingerprint density at radius 3 is 2.32 bits per heavy atom. The molecule has 0 aliphatic carbocycles. The Morgan fingerprint density at radius 2 is 1.73 bits per heavy atom. The Kier molecular flexibility index (Phi) is 9.90. The van der Waals surface area contributed by atoms with Crippen LogP contribution < -0.4 is 10.2 Å². The van der Waals surface area contributed by atoms with Crippen LogP contribution in [0.15, 0.2) is 36.5 Å². The molecule has 22 heavy (non-hydrogen) atoms. The van der Waals surface area contributed by atoms with Gasteiger partial charge in [-0.2, -0.15) is 5.10 Å². The van der Waals surface area contributed by atoms with E-state index in [4.69, 9.17) is 0 Å². The Balaban J connectivity index is 0.00000220. The fourth-order valence-corrected chi connectivity index (χ4v) is 2.10. The molecule has 1 aromatic carbocycles. The van der Waals surface area contributed by atoms with Crippen LogP contribution in [0.25, 0.3) is 0 Å². The van der Waals surface area contributed by atoms with Crippen molar-refractivity contribution in [3.8, 4) is 0 Å². The fraction of sp³-hybridized carbons (Fsp3) is 0.438. The summed E-state index contributed by atoms with van der Waals surface area (Å²) < 4.78 is 2.00. The van der Waals surface area contributed by atoms with Gasteiger partial charge in [0, 0.05) is 45.6 Å². The first-order valence-corrected chi connectivity index (χ1v) is 7.18. The molecule has 0 aliphatic heterocycles. The van der Waals surface area contributed by atoms with E-state index in [-0.39, 0.29) is 24.8 Å². The summed E-state index contributed by atoms with van der Waals surface area (Å²) in [4.78, 5) is 2.11. The van der Waals surface area contributed by atoms with E-state index in [0.717, 1.165) is 31.7 Å². The highest BCUT2D eigenvalue weighted by molar-refractivity contribution is 5.85. The average Bonchev–Trinajstić information content (AvgIpc) is 2.87. The molecule has 2 aromatic rings. The Morgan fingerprint density at radius 1 is 1.05 bits per heavy atom. The quantitative estimate of drug-likeness (QED) is 0.834. The van der Waals surface area contributed by atoms with Gasteiger partial charge in [0.15, 0.2) is 0 Å². The van der Waals surface area contributed by atoms with E-state index < -0.39 is 0 Å². The van der Waals surface area contributed by atoms with Gasteiger partial charge in [-0.3, -0.25) is 4.68 Å². The SMILES string of the molecule is CCCn1ccc(CNCc2ccc(N(C)C)cc2)n1.Cl.Cl. The van der Waals surface area contributed by atoms with Crippen LogP contribution in [0.2, 0.25) is 0 Å². The summed E-state index contributed by atoms with van der Waals surface area (Å²) in [6, 6.07) is 10.7. The standard InChI is InChI=1S/C16H24N4.2ClH/c1-4-10-20-11-9-15(18-20)13-17-12-14-5-7-16(8-6-14)19(2)3;;/h5-9,11,17H,4,10,12-13H2,1-3H3;2*1H. The number of rotatable bonds is 7. The molecule has 2 rings (SSSR count). The monoisotopic (exact) mass is 344 g/mol. The van der Waals surface area contributed by atoms with Crippen molar-refractivity contribution < 1.29 is 0 Å². The van der Waals surface area contributed by atoms with Gasteiger partial charge < -0.3 is 10.2 Å². The van der Waals surface area contributed by atoms with E-state index in [0.29, 0.717) is 0 Å². The van der Waals surface area contributed by atoms with Crippen molar-refractivity contribution in [2.24, 2.45) is 0 Å². The van der Waals surface area contributed by atoms with E-state index in [9.17, 15) is 0 Å². The second-order valence-electron chi connectivity index (χ2n) is 5.23. The summed E-state index contributed by atoms with van der Waals surface area (Å²) in [5.41, 5.74) is 3.62. The van der Waals surface area contributed by atoms with E-state index in [1.54, 1.807) is 0 Å². The first-order chi connectivity index (χ1) is 9.69. The molecule has 1 aromatic heterocycles. The van der Waals surface area contributed by atoms with Crippen LogP contribution in [0.3, 0.4) is 0 Å². The number of nitrogens with one attached hydrogen (secondary N) is 1. The molecule has 124 valence electrons. The lowest BCUT2D eigenvalue weighted by Crippen LogP contribution is -2.14. The van der Waals surface area contributed by atoms with E-state index in [2.05, 4.69) is 66.7 Å². The molecule has 0 atom stereocenters. The van der Waals surface area contributed by atoms with Crippen LogP contribution in [0.5, 0.6) is 0 Å². The predicted molar refractivity (Wildman–Crippen MR) is 98.3 cm³/mol. The maximum absolute atomic E-state index is 4.52. The van der Waals surface area contributed by atoms with Crippen molar-refractivity contribution >= 4 is 30.5 Å². The molecule has 1 N–H and O–H groups in total. The van der Waals surface area contributed by atoms with Crippen LogP contribution in [0, 0.1) is 0 Å². The zero-order valence-electron chi connectivity index (χ0n) is 13.5. The van der Waals surface area contributed by atoms with Gasteiger partial charge in [0.1, 0.15) is 0 Å². The molecule has 0 saturated heterocycles. The third-order valence-corrected chi connectivity index (χ3v) is 3.24. The predicted octanol–water partition coefficient (Wildman–Crippen LogP) is 3.49. The minimum Gasteiger partial charge on any atom is -0.378 e. The van der Waals surface area contributed by atoms with E-state index in [1.165, 1.54) is 11.3 Å². The first kappa shape index (κ1) is 20.8. The normalized spacial score (nSPS) is 9.77. The molecule has 0 spiro atoms. The Labute approximate surface area is 145 Å². The number of hydrogen-bond donors (Lipinski definition) is 1. The lowest BCUT2D eigenvalue weighted by atomic mass is 10.2. The second kappa shape index (κ2) is 10.5. The molecule has 0 radical (unpaired) electrons. The van der Waals surface area contributed by atoms with E-state index in [1.807, 2.05) is 10.9 Å². The van der Waals surface area contributed by atoms with Crippen molar-refractivity contribution in [2.45, 2.75) is 33.0 Å². The molecule has 0 unspecified atom stereocenters. The highest BCUT2D eigenvalue weighted by Gasteiger charge is 1.99. The van der Waals surface area contributed by atoms with Crippen molar-refractivity contribution in [1.29, 1.82) is 0 Å². The van der Waals surface area contributed by atoms with Crippen LogP contribution in [-0.2, 0) is 19.6 Å². The fourth-order valence-electron chi connectivity index (χ4n) is 2.10. The minimum absolute atomic E-state index is 0. The van der Waals surface area contributed by atoms with Crippen molar-refractivity contribution in [3.05, 3.63) is 47.8 Å². The zero-order chi connectivity index (χ0) is 14.4. The summed E-state index contributed by atoms with van der Waals surface area (Å²) >= 11 is 0. The van der Waals surface area contributed by atoms with Crippen molar-refractivity contribution in [2.75, 3.05) is 19.0 Å². The van der Waals surface area contributed by atoms with Gasteiger partial charge in [0.25, 0.3) is 0 Å². The third kappa shape index (κ3) is 6.26. The second-order valence-corrected chi connectivity index (χ2v) is 5.23. The summed E-state index contributed by atoms with van der Waals surface area (Å²) in [5, 5.41) is 7.95. The molecule has 0 amide bonds.